The van der Waals surface area contributed by atoms with E-state index in [-0.39, 0.29) is 11.3 Å². The standard InChI is InChI=1S/C24H25FN2O3S/c1-18(24(28)22-15-21(13-14-23(22)25)26-31(2,29)30)27(16-19-9-5-3-6-10-19)17-20-11-7-4-8-12-20/h3-15,18,26H,16-17H2,1-2H3. The van der Waals surface area contributed by atoms with Crippen LogP contribution in [0.4, 0.5) is 10.1 Å². The molecule has 0 saturated carbocycles. The summed E-state index contributed by atoms with van der Waals surface area (Å²) in [5.74, 6) is -1.10. The van der Waals surface area contributed by atoms with Crippen molar-refractivity contribution in [3.8, 4) is 0 Å². The van der Waals surface area contributed by atoms with Gasteiger partial charge in [0.15, 0.2) is 5.78 Å². The molecule has 0 amide bonds. The normalized spacial score (nSPS) is 12.5. The second-order valence-electron chi connectivity index (χ2n) is 7.49. The van der Waals surface area contributed by atoms with E-state index in [2.05, 4.69) is 4.72 Å². The van der Waals surface area contributed by atoms with Crippen molar-refractivity contribution in [3.05, 3.63) is 101 Å². The molecule has 3 aromatic rings. The van der Waals surface area contributed by atoms with Crippen molar-refractivity contribution in [1.29, 1.82) is 0 Å². The highest BCUT2D eigenvalue weighted by atomic mass is 32.2. The van der Waals surface area contributed by atoms with Crippen LogP contribution in [0.25, 0.3) is 0 Å². The van der Waals surface area contributed by atoms with E-state index in [1.54, 1.807) is 6.92 Å². The molecule has 1 N–H and O–H groups in total. The van der Waals surface area contributed by atoms with Crippen LogP contribution in [0.15, 0.2) is 78.9 Å². The number of sulfonamides is 1. The van der Waals surface area contributed by atoms with Gasteiger partial charge in [-0.2, -0.15) is 0 Å². The molecule has 0 heterocycles. The second kappa shape index (κ2) is 9.85. The average Bonchev–Trinajstić information content (AvgIpc) is 2.74. The molecule has 1 unspecified atom stereocenters. The zero-order valence-corrected chi connectivity index (χ0v) is 18.3. The van der Waals surface area contributed by atoms with Gasteiger partial charge in [-0.25, -0.2) is 12.8 Å². The molecule has 0 aliphatic rings. The van der Waals surface area contributed by atoms with Gasteiger partial charge < -0.3 is 0 Å². The van der Waals surface area contributed by atoms with Crippen LogP contribution in [0.2, 0.25) is 0 Å². The number of hydrogen-bond acceptors (Lipinski definition) is 4. The summed E-state index contributed by atoms with van der Waals surface area (Å²) in [6.07, 6.45) is 1.00. The number of Topliss-reactive ketones (excluding diaryl/α,β-unsaturated/α-hetero) is 1. The minimum absolute atomic E-state index is 0.146. The molecule has 7 heteroatoms. The van der Waals surface area contributed by atoms with Crippen LogP contribution in [-0.4, -0.2) is 31.4 Å². The number of carbonyl (C=O) groups is 1. The van der Waals surface area contributed by atoms with Crippen molar-refractivity contribution in [2.24, 2.45) is 0 Å². The van der Waals surface area contributed by atoms with Crippen molar-refractivity contribution in [2.45, 2.75) is 26.1 Å². The molecule has 0 bridgehead atoms. The van der Waals surface area contributed by atoms with E-state index in [4.69, 9.17) is 0 Å². The van der Waals surface area contributed by atoms with Crippen LogP contribution in [0.1, 0.15) is 28.4 Å². The van der Waals surface area contributed by atoms with E-state index in [1.165, 1.54) is 12.1 Å². The quantitative estimate of drug-likeness (QED) is 0.499. The van der Waals surface area contributed by atoms with Gasteiger partial charge in [0, 0.05) is 18.8 Å². The first-order valence-corrected chi connectivity index (χ1v) is 11.8. The number of hydrogen-bond donors (Lipinski definition) is 1. The van der Waals surface area contributed by atoms with Gasteiger partial charge >= 0.3 is 0 Å². The van der Waals surface area contributed by atoms with Gasteiger partial charge in [0.2, 0.25) is 10.0 Å². The Morgan fingerprint density at radius 1 is 0.935 bits per heavy atom. The van der Waals surface area contributed by atoms with Crippen LogP contribution in [0, 0.1) is 5.82 Å². The Kier molecular flexibility index (Phi) is 7.20. The third-order valence-corrected chi connectivity index (χ3v) is 5.53. The van der Waals surface area contributed by atoms with Crippen LogP contribution in [0.3, 0.4) is 0 Å². The molecule has 0 radical (unpaired) electrons. The van der Waals surface area contributed by atoms with Crippen molar-refractivity contribution >= 4 is 21.5 Å². The lowest BCUT2D eigenvalue weighted by Gasteiger charge is -2.28. The van der Waals surface area contributed by atoms with Crippen molar-refractivity contribution in [2.75, 3.05) is 11.0 Å². The van der Waals surface area contributed by atoms with Crippen LogP contribution >= 0.6 is 0 Å². The van der Waals surface area contributed by atoms with Gasteiger partial charge in [-0.3, -0.25) is 14.4 Å². The number of ketones is 1. The fraction of sp³-hybridized carbons (Fsp3) is 0.208. The minimum atomic E-state index is -3.54. The minimum Gasteiger partial charge on any atom is -0.292 e. The Bertz CT molecular complexity index is 1090. The molecule has 1 atom stereocenters. The summed E-state index contributed by atoms with van der Waals surface area (Å²) in [5, 5.41) is 0. The number of carbonyl (C=O) groups excluding carboxylic acids is 1. The predicted octanol–water partition coefficient (Wildman–Crippen LogP) is 4.47. The Hall–Kier alpha value is -3.03. The number of halogens is 1. The molecule has 0 aromatic heterocycles. The summed E-state index contributed by atoms with van der Waals surface area (Å²) in [6, 6.07) is 22.5. The van der Waals surface area contributed by atoms with Gasteiger partial charge in [0.1, 0.15) is 5.82 Å². The zero-order chi connectivity index (χ0) is 22.4. The van der Waals surface area contributed by atoms with E-state index in [1.807, 2.05) is 65.6 Å². The van der Waals surface area contributed by atoms with Gasteiger partial charge in [-0.05, 0) is 36.2 Å². The number of nitrogens with zero attached hydrogens (tertiary/aromatic N) is 1. The molecule has 3 rings (SSSR count). The predicted molar refractivity (Wildman–Crippen MR) is 121 cm³/mol. The van der Waals surface area contributed by atoms with Crippen molar-refractivity contribution in [1.82, 2.24) is 4.90 Å². The summed E-state index contributed by atoms with van der Waals surface area (Å²) >= 11 is 0. The van der Waals surface area contributed by atoms with E-state index >= 15 is 0 Å². The lowest BCUT2D eigenvalue weighted by Crippen LogP contribution is -2.38. The van der Waals surface area contributed by atoms with Crippen LogP contribution < -0.4 is 4.72 Å². The Morgan fingerprint density at radius 2 is 1.45 bits per heavy atom. The van der Waals surface area contributed by atoms with Crippen molar-refractivity contribution < 1.29 is 17.6 Å². The van der Waals surface area contributed by atoms with Crippen LogP contribution in [0.5, 0.6) is 0 Å². The maximum absolute atomic E-state index is 14.5. The number of anilines is 1. The first-order chi connectivity index (χ1) is 14.7. The molecule has 0 aliphatic heterocycles. The van der Waals surface area contributed by atoms with Crippen molar-refractivity contribution in [3.63, 3.8) is 0 Å². The lowest BCUT2D eigenvalue weighted by molar-refractivity contribution is 0.0812. The summed E-state index contributed by atoms with van der Waals surface area (Å²) in [4.78, 5) is 15.2. The van der Waals surface area contributed by atoms with E-state index in [0.29, 0.717) is 13.1 Å². The highest BCUT2D eigenvalue weighted by Gasteiger charge is 2.25. The molecule has 3 aromatic carbocycles. The third-order valence-electron chi connectivity index (χ3n) is 4.92. The zero-order valence-electron chi connectivity index (χ0n) is 17.5. The average molecular weight is 441 g/mol. The van der Waals surface area contributed by atoms with E-state index in [9.17, 15) is 17.6 Å². The number of rotatable bonds is 9. The topological polar surface area (TPSA) is 66.5 Å². The highest BCUT2D eigenvalue weighted by Crippen LogP contribution is 2.21. The summed E-state index contributed by atoms with van der Waals surface area (Å²) in [7, 11) is -3.54. The molecule has 0 aliphatic carbocycles. The molecule has 5 nitrogen and oxygen atoms in total. The van der Waals surface area contributed by atoms with Gasteiger partial charge in [-0.1, -0.05) is 60.7 Å². The molecule has 0 saturated heterocycles. The first kappa shape index (κ1) is 22.7. The number of benzene rings is 3. The monoisotopic (exact) mass is 440 g/mol. The largest absolute Gasteiger partial charge is 0.292 e. The fourth-order valence-corrected chi connectivity index (χ4v) is 3.90. The maximum atomic E-state index is 14.5. The maximum Gasteiger partial charge on any atom is 0.229 e. The number of nitrogens with one attached hydrogen (secondary N) is 1. The van der Waals surface area contributed by atoms with Gasteiger partial charge in [0.05, 0.1) is 17.9 Å². The van der Waals surface area contributed by atoms with Gasteiger partial charge in [0.25, 0.3) is 0 Å². The van der Waals surface area contributed by atoms with Gasteiger partial charge in [-0.15, -0.1) is 0 Å². The summed E-state index contributed by atoms with van der Waals surface area (Å²) in [5.41, 5.74) is 2.07. The lowest BCUT2D eigenvalue weighted by atomic mass is 10.0. The first-order valence-electron chi connectivity index (χ1n) is 9.86. The molecule has 31 heavy (non-hydrogen) atoms. The van der Waals surface area contributed by atoms with Crippen LogP contribution in [-0.2, 0) is 23.1 Å². The highest BCUT2D eigenvalue weighted by molar-refractivity contribution is 7.92. The Labute approximate surface area is 182 Å². The fourth-order valence-electron chi connectivity index (χ4n) is 3.35. The third kappa shape index (κ3) is 6.47. The SMILES string of the molecule is CC(C(=O)c1cc(NS(C)(=O)=O)ccc1F)N(Cc1ccccc1)Cc1ccccc1. The molecule has 162 valence electrons. The Morgan fingerprint density at radius 3 is 1.94 bits per heavy atom. The molecule has 0 spiro atoms. The summed E-state index contributed by atoms with van der Waals surface area (Å²) in [6.45, 7) is 2.75. The smallest absolute Gasteiger partial charge is 0.229 e. The molecular formula is C24H25FN2O3S. The second-order valence-corrected chi connectivity index (χ2v) is 9.23. The molecule has 0 fully saturated rings. The van der Waals surface area contributed by atoms with E-state index in [0.717, 1.165) is 23.4 Å². The summed E-state index contributed by atoms with van der Waals surface area (Å²) < 4.78 is 39.8. The Balaban J connectivity index is 1.90. The van der Waals surface area contributed by atoms with E-state index < -0.39 is 27.7 Å². The molecular weight excluding hydrogens is 415 g/mol.